The summed E-state index contributed by atoms with van der Waals surface area (Å²) in [4.78, 5) is 35.6. The van der Waals surface area contributed by atoms with E-state index in [9.17, 15) is 18.8 Å². The van der Waals surface area contributed by atoms with Gasteiger partial charge < -0.3 is 15.3 Å². The van der Waals surface area contributed by atoms with E-state index >= 15 is 0 Å². The van der Waals surface area contributed by atoms with Crippen LogP contribution >= 0.6 is 0 Å². The molecule has 7 heteroatoms. The maximum Gasteiger partial charge on any atom is 0.308 e. The summed E-state index contributed by atoms with van der Waals surface area (Å²) in [5, 5.41) is 11.3. The molecule has 0 radical (unpaired) electrons. The van der Waals surface area contributed by atoms with Gasteiger partial charge in [0, 0.05) is 32.1 Å². The molecule has 0 heterocycles. The van der Waals surface area contributed by atoms with Gasteiger partial charge >= 0.3 is 5.97 Å². The van der Waals surface area contributed by atoms with Crippen LogP contribution < -0.4 is 5.32 Å². The minimum absolute atomic E-state index is 0.0653. The molecule has 0 saturated heterocycles. The van der Waals surface area contributed by atoms with E-state index < -0.39 is 23.6 Å². The molecule has 1 atom stereocenters. The van der Waals surface area contributed by atoms with E-state index in [4.69, 9.17) is 5.11 Å². The van der Waals surface area contributed by atoms with Gasteiger partial charge in [-0.15, -0.1) is 0 Å². The number of hydrogen-bond donors (Lipinski definition) is 2. The minimum Gasteiger partial charge on any atom is -0.481 e. The molecule has 0 spiro atoms. The standard InChI is InChI=1S/C15H19FN2O4/c1-10(15(21)22)9-18(2)13(19)7-8-17-14(20)11-3-5-12(16)6-4-11/h3-6,10H,7-9H2,1-2H3,(H,17,20)(H,21,22). The molecule has 0 aliphatic carbocycles. The lowest BCUT2D eigenvalue weighted by atomic mass is 10.1. The average molecular weight is 310 g/mol. The highest BCUT2D eigenvalue weighted by atomic mass is 19.1. The Labute approximate surface area is 127 Å². The van der Waals surface area contributed by atoms with Crippen molar-refractivity contribution in [1.29, 1.82) is 0 Å². The number of nitrogens with one attached hydrogen (secondary N) is 1. The third-order valence-corrected chi connectivity index (χ3v) is 3.13. The van der Waals surface area contributed by atoms with Gasteiger partial charge in [0.25, 0.3) is 5.91 Å². The first-order chi connectivity index (χ1) is 10.3. The molecule has 120 valence electrons. The van der Waals surface area contributed by atoms with Crippen molar-refractivity contribution in [2.45, 2.75) is 13.3 Å². The summed E-state index contributed by atoms with van der Waals surface area (Å²) in [5.41, 5.74) is 0.307. The Bertz CT molecular complexity index is 545. The predicted octanol–water partition coefficient (Wildman–Crippen LogP) is 1.12. The molecule has 22 heavy (non-hydrogen) atoms. The third-order valence-electron chi connectivity index (χ3n) is 3.13. The van der Waals surface area contributed by atoms with E-state index in [-0.39, 0.29) is 25.4 Å². The number of rotatable bonds is 7. The number of carboxylic acid groups (broad SMARTS) is 1. The van der Waals surface area contributed by atoms with E-state index in [2.05, 4.69) is 5.32 Å². The van der Waals surface area contributed by atoms with Crippen LogP contribution in [0, 0.1) is 11.7 Å². The van der Waals surface area contributed by atoms with E-state index in [1.807, 2.05) is 0 Å². The number of aliphatic carboxylic acids is 1. The molecule has 0 bridgehead atoms. The fourth-order valence-electron chi connectivity index (χ4n) is 1.77. The van der Waals surface area contributed by atoms with Crippen LogP contribution in [-0.2, 0) is 9.59 Å². The Kier molecular flexibility index (Phi) is 6.49. The Hall–Kier alpha value is -2.44. The van der Waals surface area contributed by atoms with Crippen molar-refractivity contribution >= 4 is 17.8 Å². The Morgan fingerprint density at radius 3 is 2.41 bits per heavy atom. The molecule has 0 aliphatic heterocycles. The van der Waals surface area contributed by atoms with Crippen LogP contribution in [0.4, 0.5) is 4.39 Å². The van der Waals surface area contributed by atoms with Gasteiger partial charge in [-0.1, -0.05) is 6.92 Å². The summed E-state index contributed by atoms with van der Waals surface area (Å²) < 4.78 is 12.7. The maximum absolute atomic E-state index is 12.7. The van der Waals surface area contributed by atoms with Crippen LogP contribution in [0.2, 0.25) is 0 Å². The van der Waals surface area contributed by atoms with Crippen LogP contribution in [0.1, 0.15) is 23.7 Å². The molecule has 0 aromatic heterocycles. The van der Waals surface area contributed by atoms with Gasteiger partial charge in [0.1, 0.15) is 5.82 Å². The quantitative estimate of drug-likeness (QED) is 0.790. The summed E-state index contributed by atoms with van der Waals surface area (Å²) >= 11 is 0. The number of benzene rings is 1. The van der Waals surface area contributed by atoms with Crippen molar-refractivity contribution in [3.05, 3.63) is 35.6 Å². The smallest absolute Gasteiger partial charge is 0.308 e. The van der Waals surface area contributed by atoms with Gasteiger partial charge in [0.2, 0.25) is 5.91 Å². The van der Waals surface area contributed by atoms with Crippen molar-refractivity contribution in [1.82, 2.24) is 10.2 Å². The van der Waals surface area contributed by atoms with Crippen molar-refractivity contribution in [2.24, 2.45) is 5.92 Å². The maximum atomic E-state index is 12.7. The van der Waals surface area contributed by atoms with Crippen molar-refractivity contribution in [3.8, 4) is 0 Å². The van der Waals surface area contributed by atoms with Gasteiger partial charge in [-0.3, -0.25) is 14.4 Å². The first-order valence-corrected chi connectivity index (χ1v) is 6.81. The highest BCUT2D eigenvalue weighted by Gasteiger charge is 2.17. The summed E-state index contributed by atoms with van der Waals surface area (Å²) in [7, 11) is 1.52. The number of carboxylic acids is 1. The van der Waals surface area contributed by atoms with Crippen LogP contribution in [0.3, 0.4) is 0 Å². The predicted molar refractivity (Wildman–Crippen MR) is 77.8 cm³/mol. The fraction of sp³-hybridized carbons (Fsp3) is 0.400. The van der Waals surface area contributed by atoms with Gasteiger partial charge in [-0.05, 0) is 24.3 Å². The number of halogens is 1. The van der Waals surface area contributed by atoms with Crippen LogP contribution in [0.25, 0.3) is 0 Å². The van der Waals surface area contributed by atoms with Crippen molar-refractivity contribution in [3.63, 3.8) is 0 Å². The molecule has 0 saturated carbocycles. The van der Waals surface area contributed by atoms with Crippen LogP contribution in [-0.4, -0.2) is 47.9 Å². The summed E-state index contributed by atoms with van der Waals surface area (Å²) in [6.07, 6.45) is 0.0653. The second-order valence-electron chi connectivity index (χ2n) is 5.03. The van der Waals surface area contributed by atoms with E-state index in [1.54, 1.807) is 0 Å². The molecule has 1 aromatic carbocycles. The molecular weight excluding hydrogens is 291 g/mol. The zero-order valence-electron chi connectivity index (χ0n) is 12.5. The lowest BCUT2D eigenvalue weighted by Crippen LogP contribution is -2.36. The SMILES string of the molecule is CC(CN(C)C(=O)CCNC(=O)c1ccc(F)cc1)C(=O)O. The Morgan fingerprint density at radius 2 is 1.86 bits per heavy atom. The van der Waals surface area contributed by atoms with Gasteiger partial charge in [-0.25, -0.2) is 4.39 Å². The largest absolute Gasteiger partial charge is 0.481 e. The first kappa shape index (κ1) is 17.6. The number of carbonyl (C=O) groups is 3. The number of amides is 2. The van der Waals surface area contributed by atoms with E-state index in [0.717, 1.165) is 0 Å². The van der Waals surface area contributed by atoms with Crippen molar-refractivity contribution in [2.75, 3.05) is 20.1 Å². The highest BCUT2D eigenvalue weighted by molar-refractivity contribution is 5.94. The number of nitrogens with zero attached hydrogens (tertiary/aromatic N) is 1. The molecule has 2 N–H and O–H groups in total. The summed E-state index contributed by atoms with van der Waals surface area (Å²) in [5.74, 6) is -2.70. The zero-order chi connectivity index (χ0) is 16.7. The van der Waals surface area contributed by atoms with Crippen molar-refractivity contribution < 1.29 is 23.9 Å². The number of hydrogen-bond acceptors (Lipinski definition) is 3. The van der Waals surface area contributed by atoms with Crippen LogP contribution in [0.5, 0.6) is 0 Å². The highest BCUT2D eigenvalue weighted by Crippen LogP contribution is 2.03. The van der Waals surface area contributed by atoms with Gasteiger partial charge in [0.15, 0.2) is 0 Å². The fourth-order valence-corrected chi connectivity index (χ4v) is 1.77. The molecule has 0 aliphatic rings. The normalized spacial score (nSPS) is 11.6. The summed E-state index contributed by atoms with van der Waals surface area (Å²) in [6.45, 7) is 1.75. The van der Waals surface area contributed by atoms with Gasteiger partial charge in [0.05, 0.1) is 5.92 Å². The molecule has 6 nitrogen and oxygen atoms in total. The lowest BCUT2D eigenvalue weighted by molar-refractivity contribution is -0.142. The average Bonchev–Trinajstić information content (AvgIpc) is 2.47. The molecular formula is C15H19FN2O4. The van der Waals surface area contributed by atoms with Crippen LogP contribution in [0.15, 0.2) is 24.3 Å². The summed E-state index contributed by atoms with van der Waals surface area (Å²) in [6, 6.07) is 5.07. The molecule has 0 fully saturated rings. The Morgan fingerprint density at radius 1 is 1.27 bits per heavy atom. The molecule has 1 rings (SSSR count). The monoisotopic (exact) mass is 310 g/mol. The van der Waals surface area contributed by atoms with E-state index in [0.29, 0.717) is 5.56 Å². The first-order valence-electron chi connectivity index (χ1n) is 6.81. The van der Waals surface area contributed by atoms with Gasteiger partial charge in [-0.2, -0.15) is 0 Å². The second kappa shape index (κ2) is 8.11. The van der Waals surface area contributed by atoms with E-state index in [1.165, 1.54) is 43.1 Å². The Balaban J connectivity index is 2.36. The zero-order valence-corrected chi connectivity index (χ0v) is 12.5. The molecule has 2 amide bonds. The number of carbonyl (C=O) groups excluding carboxylic acids is 2. The minimum atomic E-state index is -0.968. The lowest BCUT2D eigenvalue weighted by Gasteiger charge is -2.19. The molecule has 1 unspecified atom stereocenters. The second-order valence-corrected chi connectivity index (χ2v) is 5.03. The molecule has 1 aromatic rings. The third kappa shape index (κ3) is 5.51. The topological polar surface area (TPSA) is 86.7 Å².